The Balaban J connectivity index is 1.65. The maximum absolute atomic E-state index is 3.65. The first kappa shape index (κ1) is 11.4. The van der Waals surface area contributed by atoms with Crippen molar-refractivity contribution >= 4 is 0 Å². The van der Waals surface area contributed by atoms with E-state index >= 15 is 0 Å². The van der Waals surface area contributed by atoms with Crippen LogP contribution in [0.5, 0.6) is 0 Å². The lowest BCUT2D eigenvalue weighted by Crippen LogP contribution is -2.31. The molecule has 2 unspecified atom stereocenters. The zero-order valence-electron chi connectivity index (χ0n) is 10.3. The largest absolute Gasteiger partial charge is 0.311 e. The van der Waals surface area contributed by atoms with Crippen LogP contribution >= 0.6 is 0 Å². The lowest BCUT2D eigenvalue weighted by molar-refractivity contribution is 0.269. The second-order valence-electron chi connectivity index (χ2n) is 5.64. The average molecular weight is 210 g/mol. The van der Waals surface area contributed by atoms with E-state index in [-0.39, 0.29) is 0 Å². The van der Waals surface area contributed by atoms with E-state index in [9.17, 15) is 0 Å². The van der Waals surface area contributed by atoms with Gasteiger partial charge >= 0.3 is 0 Å². The van der Waals surface area contributed by atoms with Crippen molar-refractivity contribution in [3.8, 4) is 0 Å². The van der Waals surface area contributed by atoms with Gasteiger partial charge in [0.15, 0.2) is 0 Å². The van der Waals surface area contributed by atoms with Gasteiger partial charge in [-0.3, -0.25) is 0 Å². The van der Waals surface area contributed by atoms with Crippen molar-refractivity contribution in [1.29, 1.82) is 0 Å². The van der Waals surface area contributed by atoms with E-state index in [1.807, 2.05) is 0 Å². The molecule has 0 spiro atoms. The quantitative estimate of drug-likeness (QED) is 0.765. The number of likely N-dealkylation sites (tertiary alicyclic amines) is 1. The van der Waals surface area contributed by atoms with Crippen LogP contribution in [0.25, 0.3) is 0 Å². The highest BCUT2D eigenvalue weighted by Gasteiger charge is 2.37. The fourth-order valence-electron chi connectivity index (χ4n) is 2.73. The van der Waals surface area contributed by atoms with Crippen molar-refractivity contribution in [2.24, 2.45) is 5.92 Å². The molecule has 0 amide bonds. The van der Waals surface area contributed by atoms with Crippen molar-refractivity contribution in [2.45, 2.75) is 58.0 Å². The second kappa shape index (κ2) is 5.31. The predicted molar refractivity (Wildman–Crippen MR) is 65.1 cm³/mol. The molecule has 2 nitrogen and oxygen atoms in total. The average Bonchev–Trinajstić information content (AvgIpc) is 2.91. The fourth-order valence-corrected chi connectivity index (χ4v) is 2.73. The summed E-state index contributed by atoms with van der Waals surface area (Å²) in [6.45, 7) is 8.56. The van der Waals surface area contributed by atoms with Gasteiger partial charge in [-0.05, 0) is 38.3 Å². The highest BCUT2D eigenvalue weighted by molar-refractivity contribution is 4.95. The first-order chi connectivity index (χ1) is 7.25. The summed E-state index contributed by atoms with van der Waals surface area (Å²) in [5.41, 5.74) is 0. The van der Waals surface area contributed by atoms with Crippen LogP contribution in [0.3, 0.4) is 0 Å². The molecule has 0 aromatic carbocycles. The molecular formula is C13H26N2. The third kappa shape index (κ3) is 3.76. The molecule has 1 N–H and O–H groups in total. The summed E-state index contributed by atoms with van der Waals surface area (Å²) in [6.07, 6.45) is 7.17. The first-order valence-electron chi connectivity index (χ1n) is 6.74. The van der Waals surface area contributed by atoms with Crippen LogP contribution in [-0.2, 0) is 0 Å². The molecule has 88 valence electrons. The van der Waals surface area contributed by atoms with Gasteiger partial charge < -0.3 is 10.2 Å². The van der Waals surface area contributed by atoms with Crippen molar-refractivity contribution in [1.82, 2.24) is 10.2 Å². The van der Waals surface area contributed by atoms with Crippen molar-refractivity contribution in [2.75, 3.05) is 19.6 Å². The Morgan fingerprint density at radius 3 is 2.40 bits per heavy atom. The minimum atomic E-state index is 0.657. The molecule has 2 heteroatoms. The monoisotopic (exact) mass is 210 g/mol. The Hall–Kier alpha value is -0.0800. The Kier molecular flexibility index (Phi) is 4.04. The minimum absolute atomic E-state index is 0.657. The van der Waals surface area contributed by atoms with Gasteiger partial charge in [0.25, 0.3) is 0 Å². The lowest BCUT2D eigenvalue weighted by Gasteiger charge is -2.19. The SMILES string of the molecule is CC(C)NC1CC1CN1CCCCCC1. The summed E-state index contributed by atoms with van der Waals surface area (Å²) >= 11 is 0. The summed E-state index contributed by atoms with van der Waals surface area (Å²) in [7, 11) is 0. The van der Waals surface area contributed by atoms with E-state index in [1.54, 1.807) is 0 Å². The van der Waals surface area contributed by atoms with Crippen LogP contribution in [0.1, 0.15) is 46.0 Å². The maximum atomic E-state index is 3.65. The molecule has 0 aromatic rings. The Morgan fingerprint density at radius 2 is 1.80 bits per heavy atom. The lowest BCUT2D eigenvalue weighted by atomic mass is 10.2. The van der Waals surface area contributed by atoms with Gasteiger partial charge in [-0.2, -0.15) is 0 Å². The van der Waals surface area contributed by atoms with E-state index in [1.165, 1.54) is 51.7 Å². The predicted octanol–water partition coefficient (Wildman–Crippen LogP) is 2.25. The highest BCUT2D eigenvalue weighted by Crippen LogP contribution is 2.32. The molecule has 0 aromatic heterocycles. The summed E-state index contributed by atoms with van der Waals surface area (Å²) < 4.78 is 0. The Labute approximate surface area is 94.4 Å². The van der Waals surface area contributed by atoms with E-state index in [0.717, 1.165) is 12.0 Å². The third-order valence-corrected chi connectivity index (χ3v) is 3.66. The minimum Gasteiger partial charge on any atom is -0.311 e. The van der Waals surface area contributed by atoms with Gasteiger partial charge in [-0.15, -0.1) is 0 Å². The first-order valence-corrected chi connectivity index (χ1v) is 6.74. The molecular weight excluding hydrogens is 184 g/mol. The maximum Gasteiger partial charge on any atom is 0.0114 e. The highest BCUT2D eigenvalue weighted by atomic mass is 15.1. The molecule has 15 heavy (non-hydrogen) atoms. The summed E-state index contributed by atoms with van der Waals surface area (Å²) in [5, 5.41) is 3.65. The Morgan fingerprint density at radius 1 is 1.13 bits per heavy atom. The number of hydrogen-bond donors (Lipinski definition) is 1. The van der Waals surface area contributed by atoms with Gasteiger partial charge in [0, 0.05) is 18.6 Å². The molecule has 0 radical (unpaired) electrons. The van der Waals surface area contributed by atoms with Crippen LogP contribution in [0.15, 0.2) is 0 Å². The third-order valence-electron chi connectivity index (χ3n) is 3.66. The van der Waals surface area contributed by atoms with Crippen LogP contribution in [-0.4, -0.2) is 36.6 Å². The van der Waals surface area contributed by atoms with E-state index < -0.39 is 0 Å². The van der Waals surface area contributed by atoms with E-state index in [2.05, 4.69) is 24.1 Å². The molecule has 2 fully saturated rings. The van der Waals surface area contributed by atoms with Gasteiger partial charge in [0.1, 0.15) is 0 Å². The van der Waals surface area contributed by atoms with Gasteiger partial charge in [0.05, 0.1) is 0 Å². The molecule has 0 bridgehead atoms. The molecule has 2 rings (SSSR count). The molecule has 2 aliphatic rings. The van der Waals surface area contributed by atoms with Crippen molar-refractivity contribution in [3.63, 3.8) is 0 Å². The molecule has 2 atom stereocenters. The van der Waals surface area contributed by atoms with Gasteiger partial charge in [-0.1, -0.05) is 26.7 Å². The zero-order valence-corrected chi connectivity index (χ0v) is 10.3. The molecule has 1 heterocycles. The number of nitrogens with one attached hydrogen (secondary N) is 1. The van der Waals surface area contributed by atoms with Crippen LogP contribution in [0.2, 0.25) is 0 Å². The summed E-state index contributed by atoms with van der Waals surface area (Å²) in [5.74, 6) is 0.950. The van der Waals surface area contributed by atoms with Gasteiger partial charge in [-0.25, -0.2) is 0 Å². The fraction of sp³-hybridized carbons (Fsp3) is 1.00. The summed E-state index contributed by atoms with van der Waals surface area (Å²) in [6, 6.07) is 1.48. The molecule has 1 aliphatic carbocycles. The van der Waals surface area contributed by atoms with Crippen LogP contribution < -0.4 is 5.32 Å². The van der Waals surface area contributed by atoms with Crippen LogP contribution in [0, 0.1) is 5.92 Å². The second-order valence-corrected chi connectivity index (χ2v) is 5.64. The zero-order chi connectivity index (χ0) is 10.7. The summed E-state index contributed by atoms with van der Waals surface area (Å²) in [4.78, 5) is 2.69. The van der Waals surface area contributed by atoms with Crippen LogP contribution in [0.4, 0.5) is 0 Å². The molecule has 1 saturated carbocycles. The van der Waals surface area contributed by atoms with E-state index in [0.29, 0.717) is 6.04 Å². The number of rotatable bonds is 4. The van der Waals surface area contributed by atoms with E-state index in [4.69, 9.17) is 0 Å². The standard InChI is InChI=1S/C13H26N2/c1-11(2)14-13-9-12(13)10-15-7-5-3-4-6-8-15/h11-14H,3-10H2,1-2H3. The van der Waals surface area contributed by atoms with Crippen molar-refractivity contribution in [3.05, 3.63) is 0 Å². The normalized spacial score (nSPS) is 33.0. The molecule has 1 saturated heterocycles. The Bertz CT molecular complexity index is 183. The van der Waals surface area contributed by atoms with Crippen molar-refractivity contribution < 1.29 is 0 Å². The number of hydrogen-bond acceptors (Lipinski definition) is 2. The topological polar surface area (TPSA) is 15.3 Å². The molecule has 1 aliphatic heterocycles. The number of nitrogens with zero attached hydrogens (tertiary/aromatic N) is 1. The van der Waals surface area contributed by atoms with Gasteiger partial charge in [0.2, 0.25) is 0 Å². The smallest absolute Gasteiger partial charge is 0.0114 e.